The van der Waals surface area contributed by atoms with Crippen LogP contribution in [-0.4, -0.2) is 8.80 Å². The minimum absolute atomic E-state index is 0.0119. The van der Waals surface area contributed by atoms with Gasteiger partial charge in [-0.3, -0.25) is 0 Å². The largest absolute Gasteiger partial charge is 0.204 e. The number of hydrogen-bond acceptors (Lipinski definition) is 0. The van der Waals surface area contributed by atoms with Crippen molar-refractivity contribution in [2.24, 2.45) is 17.8 Å². The Morgan fingerprint density at radius 3 is 2.24 bits per heavy atom. The Morgan fingerprint density at radius 2 is 1.55 bits per heavy atom. The van der Waals surface area contributed by atoms with Gasteiger partial charge in [-0.05, 0) is 61.1 Å². The zero-order chi connectivity index (χ0) is 20.5. The monoisotopic (exact) mass is 419 g/mol. The van der Waals surface area contributed by atoms with Crippen LogP contribution >= 0.6 is 0 Å². The molecule has 1 saturated heterocycles. The second-order valence-electron chi connectivity index (χ2n) is 9.82. The maximum atomic E-state index is 13.3. The van der Waals surface area contributed by atoms with E-state index in [2.05, 4.69) is 6.92 Å². The van der Waals surface area contributed by atoms with Crippen molar-refractivity contribution in [1.29, 1.82) is 0 Å². The average Bonchev–Trinajstić information content (AvgIpc) is 2.75. The Labute approximate surface area is 179 Å². The second kappa shape index (κ2) is 12.2. The maximum Gasteiger partial charge on any atom is 0.159 e. The van der Waals surface area contributed by atoms with Crippen molar-refractivity contribution in [2.75, 3.05) is 0 Å². The van der Waals surface area contributed by atoms with Crippen LogP contribution < -0.4 is 0 Å². The summed E-state index contributed by atoms with van der Waals surface area (Å²) in [5, 5.41) is 0. The summed E-state index contributed by atoms with van der Waals surface area (Å²) in [5.41, 5.74) is 0.931. The highest BCUT2D eigenvalue weighted by Gasteiger charge is 2.30. The maximum absolute atomic E-state index is 13.3. The van der Waals surface area contributed by atoms with Crippen LogP contribution in [0.15, 0.2) is 18.2 Å². The number of aryl methyl sites for hydroxylation is 1. The molecule has 1 aromatic rings. The fourth-order valence-corrected chi connectivity index (χ4v) is 8.86. The Balaban J connectivity index is 1.26. The van der Waals surface area contributed by atoms with Gasteiger partial charge in [0.1, 0.15) is 0 Å². The Bertz CT molecular complexity index is 586. The summed E-state index contributed by atoms with van der Waals surface area (Å²) in [6.45, 7) is 2.32. The predicted octanol–water partition coefficient (Wildman–Crippen LogP) is 8.58. The van der Waals surface area contributed by atoms with E-state index < -0.39 is 11.6 Å². The predicted molar refractivity (Wildman–Crippen MR) is 122 cm³/mol. The quantitative estimate of drug-likeness (QED) is 0.263. The van der Waals surface area contributed by atoms with Crippen LogP contribution in [0, 0.1) is 29.4 Å². The zero-order valence-electron chi connectivity index (χ0n) is 18.5. The number of hydrogen-bond donors (Lipinski definition) is 0. The number of benzene rings is 1. The van der Waals surface area contributed by atoms with Crippen LogP contribution in [0.3, 0.4) is 0 Å². The van der Waals surface area contributed by atoms with E-state index in [-0.39, 0.29) is 8.80 Å². The van der Waals surface area contributed by atoms with Gasteiger partial charge in [0.05, 0.1) is 0 Å². The van der Waals surface area contributed by atoms with E-state index in [1.165, 1.54) is 69.9 Å². The molecule has 1 heterocycles. The van der Waals surface area contributed by atoms with E-state index in [4.69, 9.17) is 0 Å². The zero-order valence-corrected chi connectivity index (χ0v) is 19.5. The van der Waals surface area contributed by atoms with E-state index in [9.17, 15) is 8.78 Å². The minimum atomic E-state index is -0.739. The lowest BCUT2D eigenvalue weighted by molar-refractivity contribution is 0.184. The third-order valence-corrected chi connectivity index (χ3v) is 10.8. The Hall–Kier alpha value is -0.703. The fraction of sp³-hybridized carbons (Fsp3) is 0.769. The van der Waals surface area contributed by atoms with E-state index in [0.29, 0.717) is 0 Å². The number of unbranched alkanes of at least 4 members (excludes halogenated alkanes) is 3. The molecular formula is C26H41F2Si. The summed E-state index contributed by atoms with van der Waals surface area (Å²) in [6.07, 6.45) is 17.7. The standard InChI is InChI=1S/C26H41F2Si/c1-2-3-6-17-29-18-15-24(16-19-29)23-12-9-21(10-13-23)7-4-5-8-22-11-14-25(27)26(28)20-22/h11,14,20-21,23-24H,2-10,12-13,15-19H2,1H3. The molecule has 0 unspecified atom stereocenters. The minimum Gasteiger partial charge on any atom is -0.204 e. The molecule has 2 aliphatic rings. The van der Waals surface area contributed by atoms with Crippen LogP contribution in [-0.2, 0) is 6.42 Å². The molecule has 3 rings (SSSR count). The topological polar surface area (TPSA) is 0 Å². The first kappa shape index (κ1) is 23.0. The van der Waals surface area contributed by atoms with Gasteiger partial charge in [0, 0.05) is 8.80 Å². The normalized spacial score (nSPS) is 24.1. The summed E-state index contributed by atoms with van der Waals surface area (Å²) in [7, 11) is 0.0119. The van der Waals surface area contributed by atoms with Crippen molar-refractivity contribution in [3.63, 3.8) is 0 Å². The molecule has 1 aliphatic heterocycles. The third kappa shape index (κ3) is 7.49. The SMILES string of the molecule is CCCCC[Si]1CCC(C2CCC(CCCCc3ccc(F)c(F)c3)CC2)CC1. The number of rotatable bonds is 10. The van der Waals surface area contributed by atoms with Gasteiger partial charge in [0.25, 0.3) is 0 Å². The van der Waals surface area contributed by atoms with Crippen LogP contribution in [0.1, 0.15) is 89.5 Å². The smallest absolute Gasteiger partial charge is 0.159 e. The molecule has 0 nitrogen and oxygen atoms in total. The molecule has 1 radical (unpaired) electrons. The van der Waals surface area contributed by atoms with Crippen molar-refractivity contribution in [3.05, 3.63) is 35.4 Å². The van der Waals surface area contributed by atoms with Crippen molar-refractivity contribution in [1.82, 2.24) is 0 Å². The Morgan fingerprint density at radius 1 is 0.828 bits per heavy atom. The lowest BCUT2D eigenvalue weighted by Gasteiger charge is -2.37. The first-order valence-corrected chi connectivity index (χ1v) is 14.5. The summed E-state index contributed by atoms with van der Waals surface area (Å²) in [5.74, 6) is 1.53. The molecule has 1 aromatic carbocycles. The first-order chi connectivity index (χ1) is 14.2. The molecule has 0 atom stereocenters. The summed E-state index contributed by atoms with van der Waals surface area (Å²) in [6, 6.07) is 9.13. The molecule has 0 aromatic heterocycles. The molecule has 0 amide bonds. The van der Waals surface area contributed by atoms with Crippen LogP contribution in [0.4, 0.5) is 8.78 Å². The molecule has 0 N–H and O–H groups in total. The van der Waals surface area contributed by atoms with Gasteiger partial charge in [-0.2, -0.15) is 0 Å². The van der Waals surface area contributed by atoms with E-state index in [1.54, 1.807) is 37.0 Å². The van der Waals surface area contributed by atoms with Gasteiger partial charge in [-0.15, -0.1) is 0 Å². The molecule has 0 bridgehead atoms. The van der Waals surface area contributed by atoms with Gasteiger partial charge < -0.3 is 0 Å². The molecule has 3 heteroatoms. The summed E-state index contributed by atoms with van der Waals surface area (Å²) in [4.78, 5) is 0. The fourth-order valence-electron chi connectivity index (χ4n) is 5.80. The lowest BCUT2D eigenvalue weighted by Crippen LogP contribution is -2.28. The lowest BCUT2D eigenvalue weighted by atomic mass is 9.73. The van der Waals surface area contributed by atoms with Gasteiger partial charge in [-0.25, -0.2) is 8.78 Å². The van der Waals surface area contributed by atoms with E-state index in [0.717, 1.165) is 36.2 Å². The summed E-state index contributed by atoms with van der Waals surface area (Å²) < 4.78 is 26.3. The first-order valence-electron chi connectivity index (χ1n) is 12.4. The highest BCUT2D eigenvalue weighted by molar-refractivity contribution is 6.58. The Kier molecular flexibility index (Phi) is 9.68. The highest BCUT2D eigenvalue weighted by Crippen LogP contribution is 2.42. The van der Waals surface area contributed by atoms with Gasteiger partial charge in [0.15, 0.2) is 11.6 Å². The summed E-state index contributed by atoms with van der Waals surface area (Å²) >= 11 is 0. The van der Waals surface area contributed by atoms with Crippen molar-refractivity contribution in [2.45, 2.75) is 109 Å². The van der Waals surface area contributed by atoms with Crippen molar-refractivity contribution in [3.8, 4) is 0 Å². The van der Waals surface area contributed by atoms with Crippen LogP contribution in [0.25, 0.3) is 0 Å². The van der Waals surface area contributed by atoms with Crippen LogP contribution in [0.2, 0.25) is 18.1 Å². The van der Waals surface area contributed by atoms with Crippen molar-refractivity contribution >= 4 is 8.80 Å². The van der Waals surface area contributed by atoms with Gasteiger partial charge >= 0.3 is 0 Å². The van der Waals surface area contributed by atoms with Gasteiger partial charge in [-0.1, -0.05) is 88.9 Å². The molecule has 163 valence electrons. The molecule has 1 saturated carbocycles. The molecule has 29 heavy (non-hydrogen) atoms. The molecule has 0 spiro atoms. The number of halogens is 2. The van der Waals surface area contributed by atoms with Gasteiger partial charge in [0.2, 0.25) is 0 Å². The van der Waals surface area contributed by atoms with E-state index >= 15 is 0 Å². The average molecular weight is 420 g/mol. The second-order valence-corrected chi connectivity index (χ2v) is 12.8. The molecule has 1 aliphatic carbocycles. The van der Waals surface area contributed by atoms with Crippen LogP contribution in [0.5, 0.6) is 0 Å². The van der Waals surface area contributed by atoms with Crippen molar-refractivity contribution < 1.29 is 8.78 Å². The van der Waals surface area contributed by atoms with E-state index in [1.807, 2.05) is 0 Å². The molecule has 2 fully saturated rings. The highest BCUT2D eigenvalue weighted by atomic mass is 28.3. The molecular weight excluding hydrogens is 378 g/mol. The third-order valence-electron chi connectivity index (χ3n) is 7.74.